The Balaban J connectivity index is 2.40. The van der Waals surface area contributed by atoms with E-state index < -0.39 is 15.8 Å². The van der Waals surface area contributed by atoms with Crippen molar-refractivity contribution in [3.8, 4) is 0 Å². The normalized spacial score (nSPS) is 11.6. The van der Waals surface area contributed by atoms with Gasteiger partial charge in [0, 0.05) is 11.8 Å². The number of halogens is 1. The summed E-state index contributed by atoms with van der Waals surface area (Å²) in [6.45, 7) is 5.05. The molecule has 0 aliphatic rings. The minimum absolute atomic E-state index is 0.0833. The highest BCUT2D eigenvalue weighted by molar-refractivity contribution is 7.92. The molecule has 0 unspecified atom stereocenters. The van der Waals surface area contributed by atoms with E-state index in [1.165, 1.54) is 12.1 Å². The van der Waals surface area contributed by atoms with Crippen LogP contribution in [0.1, 0.15) is 23.7 Å². The number of aryl methyl sites for hydroxylation is 3. The molecule has 1 heterocycles. The van der Waals surface area contributed by atoms with Gasteiger partial charge in [0.05, 0.1) is 4.90 Å². The number of rotatable bonds is 4. The quantitative estimate of drug-likeness (QED) is 0.910. The van der Waals surface area contributed by atoms with E-state index in [4.69, 9.17) is 0 Å². The van der Waals surface area contributed by atoms with Crippen LogP contribution < -0.4 is 4.72 Å². The Kier molecular flexibility index (Phi) is 3.80. The molecule has 1 aromatic carbocycles. The van der Waals surface area contributed by atoms with Crippen molar-refractivity contribution in [1.82, 2.24) is 10.2 Å². The minimum atomic E-state index is -3.79. The summed E-state index contributed by atoms with van der Waals surface area (Å²) in [5, 5.41) is 6.62. The van der Waals surface area contributed by atoms with Crippen molar-refractivity contribution in [2.45, 2.75) is 32.1 Å². The van der Waals surface area contributed by atoms with Crippen LogP contribution in [0.15, 0.2) is 23.1 Å². The lowest BCUT2D eigenvalue weighted by Gasteiger charge is -2.11. The van der Waals surface area contributed by atoms with Gasteiger partial charge < -0.3 is 0 Å². The number of anilines is 1. The maximum Gasteiger partial charge on any atom is 0.263 e. The van der Waals surface area contributed by atoms with Crippen LogP contribution in [0.2, 0.25) is 0 Å². The monoisotopic (exact) mass is 297 g/mol. The van der Waals surface area contributed by atoms with Crippen molar-refractivity contribution in [2.24, 2.45) is 0 Å². The summed E-state index contributed by atoms with van der Waals surface area (Å²) in [4.78, 5) is 0.0833. The first-order chi connectivity index (χ1) is 9.33. The summed E-state index contributed by atoms with van der Waals surface area (Å²) in [5.41, 5.74) is 1.55. The number of nitrogens with one attached hydrogen (secondary N) is 2. The van der Waals surface area contributed by atoms with Gasteiger partial charge in [-0.05, 0) is 43.5 Å². The van der Waals surface area contributed by atoms with E-state index in [-0.39, 0.29) is 10.7 Å². The van der Waals surface area contributed by atoms with E-state index in [0.29, 0.717) is 11.1 Å². The van der Waals surface area contributed by atoms with Crippen molar-refractivity contribution in [3.05, 3.63) is 40.8 Å². The Bertz CT molecular complexity index is 715. The van der Waals surface area contributed by atoms with Gasteiger partial charge in [0.1, 0.15) is 5.82 Å². The maximum absolute atomic E-state index is 13.2. The zero-order valence-electron chi connectivity index (χ0n) is 11.5. The zero-order chi connectivity index (χ0) is 14.9. The smallest absolute Gasteiger partial charge is 0.263 e. The van der Waals surface area contributed by atoms with E-state index in [0.717, 1.165) is 12.1 Å². The summed E-state index contributed by atoms with van der Waals surface area (Å²) in [5.74, 6) is -0.225. The van der Waals surface area contributed by atoms with Crippen LogP contribution in [0.5, 0.6) is 0 Å². The molecule has 0 amide bonds. The summed E-state index contributed by atoms with van der Waals surface area (Å²) < 4.78 is 40.4. The highest BCUT2D eigenvalue weighted by atomic mass is 32.2. The van der Waals surface area contributed by atoms with E-state index in [1.54, 1.807) is 19.9 Å². The number of H-pyrrole nitrogens is 1. The Morgan fingerprint density at radius 1 is 1.25 bits per heavy atom. The van der Waals surface area contributed by atoms with Crippen LogP contribution in [0.25, 0.3) is 0 Å². The Morgan fingerprint density at radius 3 is 2.35 bits per heavy atom. The first-order valence-electron chi connectivity index (χ1n) is 6.17. The van der Waals surface area contributed by atoms with Crippen molar-refractivity contribution >= 4 is 15.8 Å². The van der Waals surface area contributed by atoms with Crippen LogP contribution in [0.4, 0.5) is 10.2 Å². The average molecular weight is 297 g/mol. The van der Waals surface area contributed by atoms with E-state index in [1.807, 2.05) is 6.92 Å². The standard InChI is InChI=1S/C13H16FN3O2S/c1-4-11-7-12(16-15-11)17-20(18,19)13-8(2)5-10(14)6-9(13)3/h5-7H,4H2,1-3H3,(H2,15,16,17). The van der Waals surface area contributed by atoms with Gasteiger partial charge in [-0.2, -0.15) is 5.10 Å². The number of hydrogen-bond acceptors (Lipinski definition) is 3. The van der Waals surface area contributed by atoms with Gasteiger partial charge in [-0.15, -0.1) is 0 Å². The lowest BCUT2D eigenvalue weighted by Crippen LogP contribution is -2.16. The summed E-state index contributed by atoms with van der Waals surface area (Å²) in [6.07, 6.45) is 0.726. The predicted octanol–water partition coefficient (Wildman–Crippen LogP) is 2.53. The molecular weight excluding hydrogens is 281 g/mol. The van der Waals surface area contributed by atoms with Gasteiger partial charge in [0.25, 0.3) is 10.0 Å². The van der Waals surface area contributed by atoms with E-state index in [2.05, 4.69) is 14.9 Å². The molecule has 0 bridgehead atoms. The van der Waals surface area contributed by atoms with Crippen molar-refractivity contribution in [2.75, 3.05) is 4.72 Å². The van der Waals surface area contributed by atoms with Gasteiger partial charge in [-0.1, -0.05) is 6.92 Å². The number of aromatic nitrogens is 2. The summed E-state index contributed by atoms with van der Waals surface area (Å²) in [7, 11) is -3.79. The fourth-order valence-corrected chi connectivity index (χ4v) is 3.55. The number of sulfonamides is 1. The lowest BCUT2D eigenvalue weighted by molar-refractivity contribution is 0.597. The average Bonchev–Trinajstić information content (AvgIpc) is 2.73. The second-order valence-electron chi connectivity index (χ2n) is 4.61. The summed E-state index contributed by atoms with van der Waals surface area (Å²) in [6, 6.07) is 4.03. The molecule has 108 valence electrons. The lowest BCUT2D eigenvalue weighted by atomic mass is 10.1. The molecule has 5 nitrogen and oxygen atoms in total. The first-order valence-corrected chi connectivity index (χ1v) is 7.65. The molecule has 2 aromatic rings. The molecule has 0 atom stereocenters. The molecule has 2 N–H and O–H groups in total. The zero-order valence-corrected chi connectivity index (χ0v) is 12.3. The third-order valence-electron chi connectivity index (χ3n) is 2.94. The number of nitrogens with zero attached hydrogens (tertiary/aromatic N) is 1. The third kappa shape index (κ3) is 2.82. The van der Waals surface area contributed by atoms with Crippen LogP contribution in [0.3, 0.4) is 0 Å². The van der Waals surface area contributed by atoms with Crippen molar-refractivity contribution < 1.29 is 12.8 Å². The largest absolute Gasteiger partial charge is 0.280 e. The fraction of sp³-hybridized carbons (Fsp3) is 0.308. The van der Waals surface area contributed by atoms with Crippen LogP contribution in [-0.4, -0.2) is 18.6 Å². The number of aromatic amines is 1. The highest BCUT2D eigenvalue weighted by Gasteiger charge is 2.21. The third-order valence-corrected chi connectivity index (χ3v) is 4.60. The molecule has 20 heavy (non-hydrogen) atoms. The molecule has 0 fully saturated rings. The second-order valence-corrected chi connectivity index (χ2v) is 6.23. The number of hydrogen-bond donors (Lipinski definition) is 2. The molecule has 1 aromatic heterocycles. The maximum atomic E-state index is 13.2. The van der Waals surface area contributed by atoms with Crippen LogP contribution >= 0.6 is 0 Å². The Morgan fingerprint density at radius 2 is 1.85 bits per heavy atom. The fourth-order valence-electron chi connectivity index (χ4n) is 2.11. The molecule has 2 rings (SSSR count). The van der Waals surface area contributed by atoms with Gasteiger partial charge in [0.15, 0.2) is 5.82 Å². The van der Waals surface area contributed by atoms with Gasteiger partial charge >= 0.3 is 0 Å². The van der Waals surface area contributed by atoms with Gasteiger partial charge in [0.2, 0.25) is 0 Å². The van der Waals surface area contributed by atoms with Crippen LogP contribution in [0, 0.1) is 19.7 Å². The van der Waals surface area contributed by atoms with Gasteiger partial charge in [-0.3, -0.25) is 9.82 Å². The SMILES string of the molecule is CCc1cc(NS(=O)(=O)c2c(C)cc(F)cc2C)n[nH]1. The summed E-state index contributed by atoms with van der Waals surface area (Å²) >= 11 is 0. The topological polar surface area (TPSA) is 74.8 Å². The Hall–Kier alpha value is -1.89. The van der Waals surface area contributed by atoms with Gasteiger partial charge in [-0.25, -0.2) is 12.8 Å². The number of benzene rings is 1. The Labute approximate surface area is 117 Å². The first kappa shape index (κ1) is 14.5. The van der Waals surface area contributed by atoms with E-state index >= 15 is 0 Å². The van der Waals surface area contributed by atoms with Crippen molar-refractivity contribution in [1.29, 1.82) is 0 Å². The molecule has 0 saturated heterocycles. The molecule has 7 heteroatoms. The molecule has 0 spiro atoms. The molecule has 0 aliphatic carbocycles. The molecule has 0 saturated carbocycles. The van der Waals surface area contributed by atoms with E-state index in [9.17, 15) is 12.8 Å². The highest BCUT2D eigenvalue weighted by Crippen LogP contribution is 2.23. The molecular formula is C13H16FN3O2S. The minimum Gasteiger partial charge on any atom is -0.280 e. The van der Waals surface area contributed by atoms with Crippen LogP contribution in [-0.2, 0) is 16.4 Å². The molecule has 0 radical (unpaired) electrons. The van der Waals surface area contributed by atoms with Crippen molar-refractivity contribution in [3.63, 3.8) is 0 Å². The molecule has 0 aliphatic heterocycles. The predicted molar refractivity (Wildman–Crippen MR) is 74.6 cm³/mol. The second kappa shape index (κ2) is 5.24.